The zero-order valence-corrected chi connectivity index (χ0v) is 16.7. The van der Waals surface area contributed by atoms with Crippen molar-refractivity contribution >= 4 is 17.3 Å². The maximum Gasteiger partial charge on any atom is 0.164 e. The van der Waals surface area contributed by atoms with Gasteiger partial charge in [0.05, 0.1) is 10.7 Å². The van der Waals surface area contributed by atoms with E-state index >= 15 is 0 Å². The SMILES string of the molecule is C=CCNC(C)N=NN(C)CCC(Nc1cccc(Cl)c1F)/C(C)=C/C. The van der Waals surface area contributed by atoms with Gasteiger partial charge in [-0.3, -0.25) is 10.3 Å². The average molecular weight is 382 g/mol. The minimum absolute atomic E-state index is 0.0260. The summed E-state index contributed by atoms with van der Waals surface area (Å²) in [4.78, 5) is 0. The van der Waals surface area contributed by atoms with E-state index in [1.54, 1.807) is 23.2 Å². The molecule has 0 fully saturated rings. The molecule has 144 valence electrons. The van der Waals surface area contributed by atoms with Crippen molar-refractivity contribution < 1.29 is 4.39 Å². The fourth-order valence-corrected chi connectivity index (χ4v) is 2.41. The monoisotopic (exact) mass is 381 g/mol. The number of benzene rings is 1. The van der Waals surface area contributed by atoms with Gasteiger partial charge < -0.3 is 5.32 Å². The molecule has 5 nitrogen and oxygen atoms in total. The van der Waals surface area contributed by atoms with Crippen molar-refractivity contribution in [2.24, 2.45) is 10.3 Å². The molecule has 26 heavy (non-hydrogen) atoms. The van der Waals surface area contributed by atoms with Gasteiger partial charge in [0.1, 0.15) is 6.17 Å². The molecule has 0 aliphatic heterocycles. The number of hydrogen-bond donors (Lipinski definition) is 2. The molecule has 0 bridgehead atoms. The van der Waals surface area contributed by atoms with E-state index in [0.29, 0.717) is 18.8 Å². The number of nitrogens with zero attached hydrogens (tertiary/aromatic N) is 3. The van der Waals surface area contributed by atoms with E-state index in [1.807, 2.05) is 33.9 Å². The molecule has 0 aliphatic carbocycles. The van der Waals surface area contributed by atoms with E-state index in [4.69, 9.17) is 11.6 Å². The minimum Gasteiger partial charge on any atom is -0.376 e. The topological polar surface area (TPSA) is 52.0 Å². The van der Waals surface area contributed by atoms with E-state index in [1.165, 1.54) is 6.07 Å². The van der Waals surface area contributed by atoms with Crippen molar-refractivity contribution in [1.82, 2.24) is 10.3 Å². The maximum absolute atomic E-state index is 14.2. The van der Waals surface area contributed by atoms with Crippen LogP contribution in [-0.2, 0) is 0 Å². The van der Waals surface area contributed by atoms with E-state index in [2.05, 4.69) is 27.6 Å². The van der Waals surface area contributed by atoms with Crippen LogP contribution in [0.15, 0.2) is 52.8 Å². The Labute approximate surface area is 161 Å². The van der Waals surface area contributed by atoms with E-state index < -0.39 is 5.82 Å². The van der Waals surface area contributed by atoms with E-state index in [-0.39, 0.29) is 17.2 Å². The van der Waals surface area contributed by atoms with Gasteiger partial charge in [0, 0.05) is 26.2 Å². The van der Waals surface area contributed by atoms with Crippen LogP contribution in [0.2, 0.25) is 5.02 Å². The summed E-state index contributed by atoms with van der Waals surface area (Å²) >= 11 is 5.87. The molecule has 0 radical (unpaired) electrons. The second-order valence-electron chi connectivity index (χ2n) is 6.08. The van der Waals surface area contributed by atoms with Crippen LogP contribution in [-0.4, -0.2) is 37.4 Å². The summed E-state index contributed by atoms with van der Waals surface area (Å²) in [5.41, 5.74) is 1.52. The summed E-state index contributed by atoms with van der Waals surface area (Å²) in [5, 5.41) is 16.7. The van der Waals surface area contributed by atoms with Gasteiger partial charge in [-0.2, -0.15) is 5.11 Å². The van der Waals surface area contributed by atoms with E-state index in [0.717, 1.165) is 12.0 Å². The van der Waals surface area contributed by atoms with Gasteiger partial charge in [-0.05, 0) is 39.3 Å². The number of halogens is 2. The van der Waals surface area contributed by atoms with Crippen molar-refractivity contribution in [3.05, 3.63) is 53.3 Å². The molecule has 2 N–H and O–H groups in total. The van der Waals surface area contributed by atoms with Gasteiger partial charge in [-0.25, -0.2) is 4.39 Å². The van der Waals surface area contributed by atoms with Crippen LogP contribution in [0.25, 0.3) is 0 Å². The smallest absolute Gasteiger partial charge is 0.164 e. The fourth-order valence-electron chi connectivity index (χ4n) is 2.24. The van der Waals surface area contributed by atoms with Crippen molar-refractivity contribution in [2.75, 3.05) is 25.5 Å². The Morgan fingerprint density at radius 2 is 2.19 bits per heavy atom. The highest BCUT2D eigenvalue weighted by atomic mass is 35.5. The number of hydrogen-bond acceptors (Lipinski definition) is 4. The van der Waals surface area contributed by atoms with Gasteiger partial charge in [0.15, 0.2) is 5.82 Å². The fraction of sp³-hybridized carbons (Fsp3) is 0.474. The van der Waals surface area contributed by atoms with Crippen LogP contribution in [0, 0.1) is 5.82 Å². The number of allylic oxidation sites excluding steroid dienone is 1. The lowest BCUT2D eigenvalue weighted by Gasteiger charge is -2.23. The molecule has 1 aromatic carbocycles. The molecule has 0 saturated carbocycles. The third kappa shape index (κ3) is 7.54. The summed E-state index contributed by atoms with van der Waals surface area (Å²) in [7, 11) is 1.87. The molecule has 1 aromatic rings. The summed E-state index contributed by atoms with van der Waals surface area (Å²) in [6.07, 6.45) is 4.46. The maximum atomic E-state index is 14.2. The molecule has 0 aromatic heterocycles. The average Bonchev–Trinajstić information content (AvgIpc) is 2.64. The summed E-state index contributed by atoms with van der Waals surface area (Å²) in [6.45, 7) is 10.9. The summed E-state index contributed by atoms with van der Waals surface area (Å²) in [6, 6.07) is 4.93. The van der Waals surface area contributed by atoms with Gasteiger partial charge >= 0.3 is 0 Å². The highest BCUT2D eigenvalue weighted by molar-refractivity contribution is 6.31. The van der Waals surface area contributed by atoms with Gasteiger partial charge in [-0.15, -0.1) is 6.58 Å². The van der Waals surface area contributed by atoms with Gasteiger partial charge in [0.2, 0.25) is 0 Å². The Balaban J connectivity index is 2.67. The lowest BCUT2D eigenvalue weighted by atomic mass is 10.0. The molecule has 0 aliphatic rings. The van der Waals surface area contributed by atoms with E-state index in [9.17, 15) is 4.39 Å². The van der Waals surface area contributed by atoms with Crippen molar-refractivity contribution in [2.45, 2.75) is 39.4 Å². The molecule has 2 atom stereocenters. The van der Waals surface area contributed by atoms with Gasteiger partial charge in [0.25, 0.3) is 0 Å². The zero-order valence-electron chi connectivity index (χ0n) is 16.0. The molecule has 2 unspecified atom stereocenters. The largest absolute Gasteiger partial charge is 0.376 e. The molecule has 1 rings (SSSR count). The van der Waals surface area contributed by atoms with Crippen LogP contribution < -0.4 is 10.6 Å². The second-order valence-corrected chi connectivity index (χ2v) is 6.49. The van der Waals surface area contributed by atoms with Crippen molar-refractivity contribution in [3.63, 3.8) is 0 Å². The normalized spacial score (nSPS) is 14.3. The van der Waals surface area contributed by atoms with Crippen molar-refractivity contribution in [1.29, 1.82) is 0 Å². The standard InChI is InChI=1S/C19H29ClFN5/c1-6-12-22-15(4)24-25-26(5)13-11-17(14(3)7-2)23-18-10-8-9-16(20)19(18)21/h6-10,15,17,22-23H,1,11-13H2,2-5H3/b14-7+,25-24?. The van der Waals surface area contributed by atoms with Crippen LogP contribution in [0.1, 0.15) is 27.2 Å². The molecule has 0 spiro atoms. The Morgan fingerprint density at radius 3 is 2.85 bits per heavy atom. The molecular weight excluding hydrogens is 353 g/mol. The Bertz CT molecular complexity index is 632. The lowest BCUT2D eigenvalue weighted by Crippen LogP contribution is -2.27. The third-order valence-electron chi connectivity index (χ3n) is 3.96. The second kappa shape index (κ2) is 11.6. The molecule has 0 amide bonds. The van der Waals surface area contributed by atoms with Crippen LogP contribution >= 0.6 is 11.6 Å². The number of rotatable bonds is 11. The summed E-state index contributed by atoms with van der Waals surface area (Å²) in [5.74, 6) is -0.432. The molecule has 7 heteroatoms. The lowest BCUT2D eigenvalue weighted by molar-refractivity contribution is 0.307. The minimum atomic E-state index is -0.432. The molecular formula is C19H29ClFN5. The molecule has 0 saturated heterocycles. The van der Waals surface area contributed by atoms with Crippen LogP contribution in [0.3, 0.4) is 0 Å². The highest BCUT2D eigenvalue weighted by Gasteiger charge is 2.15. The Hall–Kier alpha value is -1.92. The number of nitrogens with one attached hydrogen (secondary N) is 2. The first-order valence-corrected chi connectivity index (χ1v) is 9.06. The van der Waals surface area contributed by atoms with Crippen LogP contribution in [0.4, 0.5) is 10.1 Å². The Kier molecular flexibility index (Phi) is 9.91. The quantitative estimate of drug-likeness (QED) is 0.321. The predicted octanol–water partition coefficient (Wildman–Crippen LogP) is 5.04. The first-order chi connectivity index (χ1) is 12.4. The zero-order chi connectivity index (χ0) is 19.5. The number of anilines is 1. The molecule has 0 heterocycles. The van der Waals surface area contributed by atoms with Gasteiger partial charge in [-0.1, -0.05) is 40.6 Å². The highest BCUT2D eigenvalue weighted by Crippen LogP contribution is 2.24. The summed E-state index contributed by atoms with van der Waals surface area (Å²) < 4.78 is 14.2. The van der Waals surface area contributed by atoms with Crippen LogP contribution in [0.5, 0.6) is 0 Å². The van der Waals surface area contributed by atoms with Crippen molar-refractivity contribution in [3.8, 4) is 0 Å². The Morgan fingerprint density at radius 1 is 1.46 bits per heavy atom. The third-order valence-corrected chi connectivity index (χ3v) is 4.25. The first-order valence-electron chi connectivity index (χ1n) is 8.68. The first kappa shape index (κ1) is 22.1. The predicted molar refractivity (Wildman–Crippen MR) is 108 cm³/mol.